The molecule has 0 heteroatoms. The third-order valence-corrected chi connectivity index (χ3v) is 1.92. The standard InChI is InChI=1S/C13H20/c1-3-5-7-9-11-13-12-10-8-6-4-2/h1H,4-5,7,9-13H2,2H3. The molecule has 0 aliphatic carbocycles. The van der Waals surface area contributed by atoms with Crippen LogP contribution in [0.25, 0.3) is 0 Å². The maximum atomic E-state index is 5.16. The first-order valence-electron chi connectivity index (χ1n) is 5.31. The van der Waals surface area contributed by atoms with Crippen LogP contribution in [0.2, 0.25) is 0 Å². The molecule has 0 rings (SSSR count). The Hall–Kier alpha value is -0.880. The van der Waals surface area contributed by atoms with Crippen LogP contribution in [0.3, 0.4) is 0 Å². The largest absolute Gasteiger partial charge is 0.120 e. The molecular weight excluding hydrogens is 156 g/mol. The molecule has 0 unspecified atom stereocenters. The minimum atomic E-state index is 0.940. The zero-order valence-corrected chi connectivity index (χ0v) is 8.73. The Balaban J connectivity index is 2.96. The highest BCUT2D eigenvalue weighted by atomic mass is 13.9. The lowest BCUT2D eigenvalue weighted by Crippen LogP contribution is -1.78. The first-order valence-corrected chi connectivity index (χ1v) is 5.31. The van der Waals surface area contributed by atoms with Crippen molar-refractivity contribution in [3.05, 3.63) is 0 Å². The molecule has 0 saturated carbocycles. The van der Waals surface area contributed by atoms with Gasteiger partial charge in [0.05, 0.1) is 0 Å². The van der Waals surface area contributed by atoms with Gasteiger partial charge in [-0.05, 0) is 12.8 Å². The molecule has 0 nitrogen and oxygen atoms in total. The van der Waals surface area contributed by atoms with Crippen LogP contribution >= 0.6 is 0 Å². The summed E-state index contributed by atoms with van der Waals surface area (Å²) in [4.78, 5) is 0. The summed E-state index contributed by atoms with van der Waals surface area (Å²) in [6.07, 6.45) is 14.5. The average Bonchev–Trinajstić information content (AvgIpc) is 2.16. The van der Waals surface area contributed by atoms with Gasteiger partial charge in [-0.3, -0.25) is 0 Å². The highest BCUT2D eigenvalue weighted by Crippen LogP contribution is 2.06. The Morgan fingerprint density at radius 1 is 0.846 bits per heavy atom. The highest BCUT2D eigenvalue weighted by molar-refractivity contribution is 4.97. The van der Waals surface area contributed by atoms with Gasteiger partial charge < -0.3 is 0 Å². The molecule has 0 aromatic carbocycles. The lowest BCUT2D eigenvalue weighted by molar-refractivity contribution is 0.628. The maximum absolute atomic E-state index is 5.16. The van der Waals surface area contributed by atoms with Crippen molar-refractivity contribution in [2.24, 2.45) is 0 Å². The second-order valence-corrected chi connectivity index (χ2v) is 3.18. The normalized spacial score (nSPS) is 8.62. The van der Waals surface area contributed by atoms with Crippen molar-refractivity contribution in [2.45, 2.75) is 58.3 Å². The SMILES string of the molecule is C#CCCCCCCCC#CCC. The molecule has 0 heterocycles. The van der Waals surface area contributed by atoms with Gasteiger partial charge in [0.1, 0.15) is 0 Å². The number of hydrogen-bond donors (Lipinski definition) is 0. The minimum absolute atomic E-state index is 0.940. The molecule has 0 N–H and O–H groups in total. The summed E-state index contributed by atoms with van der Waals surface area (Å²) in [5.74, 6) is 8.90. The van der Waals surface area contributed by atoms with Gasteiger partial charge >= 0.3 is 0 Å². The van der Waals surface area contributed by atoms with Gasteiger partial charge in [-0.1, -0.05) is 26.2 Å². The summed E-state index contributed by atoms with van der Waals surface area (Å²) in [5.41, 5.74) is 0. The molecule has 0 amide bonds. The van der Waals surface area contributed by atoms with Gasteiger partial charge in [-0.25, -0.2) is 0 Å². The quantitative estimate of drug-likeness (QED) is 0.427. The van der Waals surface area contributed by atoms with E-state index in [0.717, 1.165) is 19.3 Å². The molecule has 0 radical (unpaired) electrons. The van der Waals surface area contributed by atoms with E-state index in [-0.39, 0.29) is 0 Å². The van der Waals surface area contributed by atoms with Crippen LogP contribution in [0, 0.1) is 24.2 Å². The van der Waals surface area contributed by atoms with E-state index >= 15 is 0 Å². The van der Waals surface area contributed by atoms with Crippen LogP contribution < -0.4 is 0 Å². The molecule has 0 aromatic heterocycles. The van der Waals surface area contributed by atoms with Gasteiger partial charge in [0.15, 0.2) is 0 Å². The van der Waals surface area contributed by atoms with Crippen molar-refractivity contribution in [3.8, 4) is 24.2 Å². The van der Waals surface area contributed by atoms with Crippen LogP contribution in [0.15, 0.2) is 0 Å². The zero-order chi connectivity index (χ0) is 9.78. The molecule has 0 bridgehead atoms. The van der Waals surface area contributed by atoms with Gasteiger partial charge in [0.2, 0.25) is 0 Å². The van der Waals surface area contributed by atoms with Gasteiger partial charge in [0.25, 0.3) is 0 Å². The Morgan fingerprint density at radius 2 is 1.46 bits per heavy atom. The van der Waals surface area contributed by atoms with Gasteiger partial charge in [-0.15, -0.1) is 24.2 Å². The van der Waals surface area contributed by atoms with E-state index in [2.05, 4.69) is 24.7 Å². The predicted octanol–water partition coefficient (Wildman–Crippen LogP) is 3.76. The Bertz CT molecular complexity index is 184. The molecule has 72 valence electrons. The van der Waals surface area contributed by atoms with E-state index in [0.29, 0.717) is 0 Å². The van der Waals surface area contributed by atoms with Crippen molar-refractivity contribution >= 4 is 0 Å². The topological polar surface area (TPSA) is 0 Å². The van der Waals surface area contributed by atoms with E-state index in [1.807, 2.05) is 0 Å². The minimum Gasteiger partial charge on any atom is -0.120 e. The number of terminal acetylenes is 1. The zero-order valence-electron chi connectivity index (χ0n) is 8.73. The Morgan fingerprint density at radius 3 is 2.08 bits per heavy atom. The third kappa shape index (κ3) is 11.1. The summed E-state index contributed by atoms with van der Waals surface area (Å²) in [7, 11) is 0. The molecule has 0 aliphatic heterocycles. The van der Waals surface area contributed by atoms with Crippen LogP contribution in [0.5, 0.6) is 0 Å². The number of hydrogen-bond acceptors (Lipinski definition) is 0. The van der Waals surface area contributed by atoms with Crippen molar-refractivity contribution in [3.63, 3.8) is 0 Å². The van der Waals surface area contributed by atoms with Crippen LogP contribution in [0.1, 0.15) is 58.3 Å². The second kappa shape index (κ2) is 11.1. The van der Waals surface area contributed by atoms with Gasteiger partial charge in [0, 0.05) is 19.3 Å². The van der Waals surface area contributed by atoms with Gasteiger partial charge in [-0.2, -0.15) is 0 Å². The summed E-state index contributed by atoms with van der Waals surface area (Å²) < 4.78 is 0. The van der Waals surface area contributed by atoms with Crippen LogP contribution in [-0.2, 0) is 0 Å². The van der Waals surface area contributed by atoms with E-state index in [1.165, 1.54) is 32.1 Å². The summed E-state index contributed by atoms with van der Waals surface area (Å²) in [6.45, 7) is 2.09. The summed E-state index contributed by atoms with van der Waals surface area (Å²) in [6, 6.07) is 0. The summed E-state index contributed by atoms with van der Waals surface area (Å²) in [5, 5.41) is 0. The maximum Gasteiger partial charge on any atom is 0.00886 e. The molecule has 0 spiro atoms. The lowest BCUT2D eigenvalue weighted by atomic mass is 10.1. The molecule has 0 atom stereocenters. The fourth-order valence-electron chi connectivity index (χ4n) is 1.18. The van der Waals surface area contributed by atoms with E-state index in [4.69, 9.17) is 6.42 Å². The molecule has 13 heavy (non-hydrogen) atoms. The van der Waals surface area contributed by atoms with Crippen molar-refractivity contribution in [1.29, 1.82) is 0 Å². The summed E-state index contributed by atoms with van der Waals surface area (Å²) >= 11 is 0. The first-order chi connectivity index (χ1) is 6.41. The van der Waals surface area contributed by atoms with E-state index in [1.54, 1.807) is 0 Å². The fraction of sp³-hybridized carbons (Fsp3) is 0.692. The molecule has 0 aliphatic rings. The van der Waals surface area contributed by atoms with Crippen molar-refractivity contribution < 1.29 is 0 Å². The fourth-order valence-corrected chi connectivity index (χ4v) is 1.18. The average molecular weight is 176 g/mol. The molecule has 0 saturated heterocycles. The van der Waals surface area contributed by atoms with Crippen LogP contribution in [-0.4, -0.2) is 0 Å². The van der Waals surface area contributed by atoms with E-state index < -0.39 is 0 Å². The Kier molecular flexibility index (Phi) is 10.4. The molecule has 0 aromatic rings. The highest BCUT2D eigenvalue weighted by Gasteiger charge is 1.88. The third-order valence-electron chi connectivity index (χ3n) is 1.92. The lowest BCUT2D eigenvalue weighted by Gasteiger charge is -1.96. The molecular formula is C13H20. The van der Waals surface area contributed by atoms with E-state index in [9.17, 15) is 0 Å². The molecule has 0 fully saturated rings. The Labute approximate surface area is 83.1 Å². The number of unbranched alkanes of at least 4 members (excludes halogenated alkanes) is 6. The van der Waals surface area contributed by atoms with Crippen molar-refractivity contribution in [2.75, 3.05) is 0 Å². The smallest absolute Gasteiger partial charge is 0.00886 e. The predicted molar refractivity (Wildman–Crippen MR) is 59.2 cm³/mol. The van der Waals surface area contributed by atoms with Crippen molar-refractivity contribution in [1.82, 2.24) is 0 Å². The monoisotopic (exact) mass is 176 g/mol. The van der Waals surface area contributed by atoms with Crippen LogP contribution in [0.4, 0.5) is 0 Å². The first kappa shape index (κ1) is 12.1. The number of rotatable bonds is 6. The second-order valence-electron chi connectivity index (χ2n) is 3.18.